The molecule has 0 radical (unpaired) electrons. The van der Waals surface area contributed by atoms with Gasteiger partial charge in [0.1, 0.15) is 12.8 Å². The van der Waals surface area contributed by atoms with E-state index in [-0.39, 0.29) is 32.3 Å². The highest BCUT2D eigenvalue weighted by Gasteiger charge is 2.46. The van der Waals surface area contributed by atoms with Gasteiger partial charge in [0, 0.05) is 6.08 Å². The second-order valence-corrected chi connectivity index (χ2v) is 6.05. The lowest BCUT2D eigenvalue weighted by molar-refractivity contribution is -0.135. The van der Waals surface area contributed by atoms with Gasteiger partial charge in [0.25, 0.3) is 0 Å². The molecule has 0 spiro atoms. The third-order valence-corrected chi connectivity index (χ3v) is 4.43. The smallest absolute Gasteiger partial charge is 0.410 e. The molecule has 2 aliphatic heterocycles. The summed E-state index contributed by atoms with van der Waals surface area (Å²) in [7, 11) is 1.24. The topological polar surface area (TPSA) is 65.1 Å². The van der Waals surface area contributed by atoms with Crippen molar-refractivity contribution < 1.29 is 28.2 Å². The van der Waals surface area contributed by atoms with Gasteiger partial charge < -0.3 is 14.2 Å². The number of rotatable bonds is 3. The summed E-state index contributed by atoms with van der Waals surface area (Å²) >= 11 is 0. The van der Waals surface area contributed by atoms with Crippen LogP contribution >= 0.6 is 0 Å². The number of fused-ring (bicyclic) bond motifs is 2. The van der Waals surface area contributed by atoms with Crippen molar-refractivity contribution in [2.24, 2.45) is 0 Å². The zero-order valence-electron chi connectivity index (χ0n) is 13.9. The number of carbonyl (C=O) groups excluding carboxylic acids is 2. The van der Waals surface area contributed by atoms with Crippen LogP contribution in [-0.4, -0.2) is 55.5 Å². The van der Waals surface area contributed by atoms with Crippen LogP contribution in [0.5, 0.6) is 0 Å². The molecule has 2 bridgehead atoms. The standard InChI is InChI=1S/C18H20FNO5/c1-23-16(21)8-13-7-14-10-24-11-15(17(13)19)20(14)18(22)25-9-12-5-3-2-4-6-12/h2-6,8,14-15,17H,7,9-11H2,1H3/b13-8+. The predicted molar refractivity (Wildman–Crippen MR) is 86.5 cm³/mol. The minimum Gasteiger partial charge on any atom is -0.466 e. The first-order valence-electron chi connectivity index (χ1n) is 8.09. The quantitative estimate of drug-likeness (QED) is 0.618. The number of ether oxygens (including phenoxy) is 3. The van der Waals surface area contributed by atoms with E-state index in [4.69, 9.17) is 9.47 Å². The number of benzene rings is 1. The van der Waals surface area contributed by atoms with Crippen LogP contribution in [0.2, 0.25) is 0 Å². The lowest BCUT2D eigenvalue weighted by Crippen LogP contribution is -2.62. The minimum atomic E-state index is -1.49. The van der Waals surface area contributed by atoms with Crippen LogP contribution in [0.15, 0.2) is 42.0 Å². The van der Waals surface area contributed by atoms with Gasteiger partial charge in [0.15, 0.2) is 0 Å². The average molecular weight is 349 g/mol. The second-order valence-electron chi connectivity index (χ2n) is 6.05. The van der Waals surface area contributed by atoms with Gasteiger partial charge in [-0.05, 0) is 17.6 Å². The van der Waals surface area contributed by atoms with Crippen molar-refractivity contribution in [2.45, 2.75) is 31.3 Å². The molecule has 134 valence electrons. The lowest BCUT2D eigenvalue weighted by Gasteiger charge is -2.47. The number of halogens is 1. The molecule has 3 rings (SSSR count). The van der Waals surface area contributed by atoms with Gasteiger partial charge >= 0.3 is 12.1 Å². The first-order chi connectivity index (χ1) is 12.1. The number of alkyl halides is 1. The zero-order valence-corrected chi connectivity index (χ0v) is 13.9. The van der Waals surface area contributed by atoms with Crippen LogP contribution in [0.3, 0.4) is 0 Å². The van der Waals surface area contributed by atoms with Crippen LogP contribution in [0.25, 0.3) is 0 Å². The van der Waals surface area contributed by atoms with Crippen molar-refractivity contribution in [2.75, 3.05) is 20.3 Å². The van der Waals surface area contributed by atoms with E-state index in [1.165, 1.54) is 18.1 Å². The van der Waals surface area contributed by atoms with E-state index in [1.54, 1.807) is 0 Å². The largest absolute Gasteiger partial charge is 0.466 e. The normalized spacial score (nSPS) is 27.0. The number of nitrogens with zero attached hydrogens (tertiary/aromatic N) is 1. The Labute approximate surface area is 145 Å². The van der Waals surface area contributed by atoms with Gasteiger partial charge in [0.05, 0.1) is 32.4 Å². The van der Waals surface area contributed by atoms with E-state index in [9.17, 15) is 14.0 Å². The summed E-state index contributed by atoms with van der Waals surface area (Å²) in [5.74, 6) is -0.600. The van der Waals surface area contributed by atoms with E-state index < -0.39 is 24.3 Å². The third kappa shape index (κ3) is 3.82. The minimum absolute atomic E-state index is 0.0661. The summed E-state index contributed by atoms with van der Waals surface area (Å²) in [6.07, 6.45) is -0.669. The lowest BCUT2D eigenvalue weighted by atomic mass is 9.88. The Kier molecular flexibility index (Phi) is 5.33. The number of methoxy groups -OCH3 is 1. The maximum atomic E-state index is 14.8. The molecule has 6 nitrogen and oxygen atoms in total. The van der Waals surface area contributed by atoms with Gasteiger partial charge in [-0.25, -0.2) is 14.0 Å². The monoisotopic (exact) mass is 349 g/mol. The molecule has 3 atom stereocenters. The number of morpholine rings is 1. The molecular formula is C18H20FNO5. The molecule has 2 heterocycles. The summed E-state index contributed by atoms with van der Waals surface area (Å²) in [6.45, 7) is 0.469. The van der Waals surface area contributed by atoms with E-state index in [1.807, 2.05) is 30.3 Å². The highest BCUT2D eigenvalue weighted by atomic mass is 19.1. The van der Waals surface area contributed by atoms with Crippen LogP contribution in [-0.2, 0) is 25.6 Å². The maximum absolute atomic E-state index is 14.8. The van der Waals surface area contributed by atoms with E-state index in [0.29, 0.717) is 5.57 Å². The Morgan fingerprint density at radius 3 is 2.80 bits per heavy atom. The molecule has 7 heteroatoms. The molecule has 0 aliphatic carbocycles. The molecule has 0 N–H and O–H groups in total. The van der Waals surface area contributed by atoms with Crippen molar-refractivity contribution >= 4 is 12.1 Å². The van der Waals surface area contributed by atoms with Crippen molar-refractivity contribution in [3.8, 4) is 0 Å². The molecule has 3 unspecified atom stereocenters. The summed E-state index contributed by atoms with van der Waals surface area (Å²) in [5, 5.41) is 0. The van der Waals surface area contributed by atoms with Gasteiger partial charge in [-0.3, -0.25) is 4.90 Å². The van der Waals surface area contributed by atoms with E-state index >= 15 is 0 Å². The fraction of sp³-hybridized carbons (Fsp3) is 0.444. The van der Waals surface area contributed by atoms with Crippen molar-refractivity contribution in [1.29, 1.82) is 0 Å². The van der Waals surface area contributed by atoms with E-state index in [2.05, 4.69) is 4.74 Å². The average Bonchev–Trinajstić information content (AvgIpc) is 2.64. The first kappa shape index (κ1) is 17.4. The van der Waals surface area contributed by atoms with E-state index in [0.717, 1.165) is 5.56 Å². The fourth-order valence-corrected chi connectivity index (χ4v) is 3.20. The maximum Gasteiger partial charge on any atom is 0.410 e. The second kappa shape index (κ2) is 7.65. The number of piperidine rings is 1. The summed E-state index contributed by atoms with van der Waals surface area (Å²) in [5.41, 5.74) is 1.19. The molecule has 2 saturated heterocycles. The molecule has 2 fully saturated rings. The fourth-order valence-electron chi connectivity index (χ4n) is 3.20. The SMILES string of the molecule is COC(=O)/C=C1\CC2COCC(C1F)N2C(=O)OCc1ccccc1. The van der Waals surface area contributed by atoms with Gasteiger partial charge in [0.2, 0.25) is 0 Å². The molecule has 1 aromatic rings. The Morgan fingerprint density at radius 2 is 2.08 bits per heavy atom. The third-order valence-electron chi connectivity index (χ3n) is 4.43. The Bertz CT molecular complexity index is 663. The molecule has 25 heavy (non-hydrogen) atoms. The zero-order chi connectivity index (χ0) is 17.8. The van der Waals surface area contributed by atoms with Crippen molar-refractivity contribution in [1.82, 2.24) is 4.90 Å². The van der Waals surface area contributed by atoms with Crippen LogP contribution in [0, 0.1) is 0 Å². The number of hydrogen-bond donors (Lipinski definition) is 0. The van der Waals surface area contributed by atoms with Crippen molar-refractivity contribution in [3.63, 3.8) is 0 Å². The Hall–Kier alpha value is -2.41. The number of esters is 1. The van der Waals surface area contributed by atoms with Crippen LogP contribution < -0.4 is 0 Å². The summed E-state index contributed by atoms with van der Waals surface area (Å²) in [6, 6.07) is 8.13. The predicted octanol–water partition coefficient (Wildman–Crippen LogP) is 2.23. The Balaban J connectivity index is 1.71. The molecule has 2 aliphatic rings. The molecule has 1 amide bonds. The molecular weight excluding hydrogens is 329 g/mol. The van der Waals surface area contributed by atoms with Gasteiger partial charge in [-0.2, -0.15) is 0 Å². The Morgan fingerprint density at radius 1 is 1.32 bits per heavy atom. The van der Waals surface area contributed by atoms with Crippen molar-refractivity contribution in [3.05, 3.63) is 47.5 Å². The highest BCUT2D eigenvalue weighted by Crippen LogP contribution is 2.34. The van der Waals surface area contributed by atoms with Crippen LogP contribution in [0.4, 0.5) is 9.18 Å². The molecule has 1 aromatic carbocycles. The highest BCUT2D eigenvalue weighted by molar-refractivity contribution is 5.83. The number of hydrogen-bond acceptors (Lipinski definition) is 5. The van der Waals surface area contributed by atoms with Crippen LogP contribution in [0.1, 0.15) is 12.0 Å². The number of carbonyl (C=O) groups is 2. The number of amides is 1. The summed E-state index contributed by atoms with van der Waals surface area (Å²) in [4.78, 5) is 25.3. The first-order valence-corrected chi connectivity index (χ1v) is 8.09. The summed E-state index contributed by atoms with van der Waals surface area (Å²) < 4.78 is 30.1. The van der Waals surface area contributed by atoms with Gasteiger partial charge in [-0.1, -0.05) is 30.3 Å². The van der Waals surface area contributed by atoms with Gasteiger partial charge in [-0.15, -0.1) is 0 Å². The molecule has 0 saturated carbocycles. The molecule has 0 aromatic heterocycles.